The Kier molecular flexibility index (Phi) is 6.84. The van der Waals surface area contributed by atoms with Crippen LogP contribution in [0.1, 0.15) is 50.3 Å². The minimum atomic E-state index is -0.567. The third kappa shape index (κ3) is 4.98. The predicted molar refractivity (Wildman–Crippen MR) is 147 cm³/mol. The topological polar surface area (TPSA) is 132 Å². The molecule has 0 saturated carbocycles. The van der Waals surface area contributed by atoms with E-state index in [4.69, 9.17) is 9.47 Å². The Bertz CT molecular complexity index is 1480. The number of hydrogen-bond donors (Lipinski definition) is 1. The number of nitrogens with zero attached hydrogens (tertiary/aromatic N) is 6. The molecule has 4 bridgehead atoms. The third-order valence-electron chi connectivity index (χ3n) is 8.25. The summed E-state index contributed by atoms with van der Waals surface area (Å²) in [4.78, 5) is 51.7. The van der Waals surface area contributed by atoms with Gasteiger partial charge < -0.3 is 24.6 Å². The second kappa shape index (κ2) is 10.5. The van der Waals surface area contributed by atoms with Crippen molar-refractivity contribution in [3.8, 4) is 11.5 Å². The number of benzene rings is 1. The van der Waals surface area contributed by atoms with Gasteiger partial charge >= 0.3 is 0 Å². The van der Waals surface area contributed by atoms with Gasteiger partial charge in [-0.25, -0.2) is 4.98 Å². The number of fused-ring (bicyclic) bond motifs is 9. The van der Waals surface area contributed by atoms with Crippen molar-refractivity contribution < 1.29 is 23.9 Å². The summed E-state index contributed by atoms with van der Waals surface area (Å²) >= 11 is 0. The molecule has 1 N–H and O–H groups in total. The van der Waals surface area contributed by atoms with Crippen LogP contribution in [0.2, 0.25) is 0 Å². The molecule has 12 heteroatoms. The Morgan fingerprint density at radius 3 is 2.66 bits per heavy atom. The Morgan fingerprint density at radius 1 is 1.07 bits per heavy atom. The highest BCUT2D eigenvalue weighted by Gasteiger charge is 2.53. The van der Waals surface area contributed by atoms with Crippen LogP contribution in [0.4, 0.5) is 0 Å². The molecule has 3 aromatic rings. The zero-order valence-electron chi connectivity index (χ0n) is 23.4. The van der Waals surface area contributed by atoms with Gasteiger partial charge in [0, 0.05) is 62.0 Å². The monoisotopic (exact) mass is 559 g/mol. The molecule has 2 aromatic heterocycles. The molecule has 0 unspecified atom stereocenters. The van der Waals surface area contributed by atoms with E-state index in [1.807, 2.05) is 32.2 Å². The fraction of sp³-hybridized carbons (Fsp3) is 0.448. The van der Waals surface area contributed by atoms with Crippen LogP contribution in [-0.2, 0) is 11.8 Å². The van der Waals surface area contributed by atoms with Crippen molar-refractivity contribution in [2.24, 2.45) is 12.5 Å². The lowest BCUT2D eigenvalue weighted by Gasteiger charge is -2.40. The van der Waals surface area contributed by atoms with Crippen LogP contribution < -0.4 is 14.8 Å². The maximum atomic E-state index is 13.5. The average Bonchev–Trinajstić information content (AvgIpc) is 3.53. The third-order valence-corrected chi connectivity index (χ3v) is 8.25. The fourth-order valence-electron chi connectivity index (χ4n) is 5.91. The van der Waals surface area contributed by atoms with E-state index in [2.05, 4.69) is 20.4 Å². The number of carbonyl (C=O) groups is 3. The lowest BCUT2D eigenvalue weighted by molar-refractivity contribution is -0.122. The number of para-hydroxylation sites is 1. The highest BCUT2D eigenvalue weighted by molar-refractivity contribution is 5.95. The van der Waals surface area contributed by atoms with Gasteiger partial charge in [-0.2, -0.15) is 5.10 Å². The zero-order valence-corrected chi connectivity index (χ0v) is 23.4. The Hall–Kier alpha value is -4.48. The molecule has 1 fully saturated rings. The number of ether oxygens (including phenoxy) is 2. The highest BCUT2D eigenvalue weighted by Crippen LogP contribution is 2.52. The molecule has 2 atom stereocenters. The van der Waals surface area contributed by atoms with Crippen molar-refractivity contribution in [3.63, 3.8) is 0 Å². The molecule has 214 valence electrons. The van der Waals surface area contributed by atoms with E-state index in [0.29, 0.717) is 62.2 Å². The minimum Gasteiger partial charge on any atom is -0.490 e. The molecule has 6 heterocycles. The molecule has 1 aromatic carbocycles. The lowest BCUT2D eigenvalue weighted by atomic mass is 9.73. The largest absolute Gasteiger partial charge is 0.490 e. The number of rotatable bonds is 2. The Balaban J connectivity index is 1.30. The highest BCUT2D eigenvalue weighted by atomic mass is 16.5. The van der Waals surface area contributed by atoms with Gasteiger partial charge in [-0.05, 0) is 32.4 Å². The molecular weight excluding hydrogens is 526 g/mol. The molecule has 41 heavy (non-hydrogen) atoms. The molecule has 7 rings (SSSR count). The summed E-state index contributed by atoms with van der Waals surface area (Å²) in [6, 6.07) is 7.60. The first kappa shape index (κ1) is 26.7. The first-order chi connectivity index (χ1) is 19.7. The SMILES string of the molecule is Cc1cnc(C(=O)N2CCCOc3cccc4c3OC[C@@]3(CNC(=O)C2)CN(C(=O)c2cc(C)n(C)n2)C[C@@H]43)cn1. The summed E-state index contributed by atoms with van der Waals surface area (Å²) in [7, 11) is 1.81. The van der Waals surface area contributed by atoms with Crippen molar-refractivity contribution >= 4 is 17.7 Å². The maximum absolute atomic E-state index is 13.5. The van der Waals surface area contributed by atoms with Crippen molar-refractivity contribution in [1.29, 1.82) is 0 Å². The minimum absolute atomic E-state index is 0.0904. The van der Waals surface area contributed by atoms with Crippen molar-refractivity contribution in [1.82, 2.24) is 34.9 Å². The average molecular weight is 560 g/mol. The fourth-order valence-corrected chi connectivity index (χ4v) is 5.91. The van der Waals surface area contributed by atoms with Gasteiger partial charge in [-0.1, -0.05) is 12.1 Å². The van der Waals surface area contributed by atoms with Gasteiger partial charge in [-0.15, -0.1) is 0 Å². The van der Waals surface area contributed by atoms with E-state index >= 15 is 0 Å². The van der Waals surface area contributed by atoms with E-state index < -0.39 is 5.41 Å². The van der Waals surface area contributed by atoms with E-state index in [9.17, 15) is 14.4 Å². The molecule has 1 saturated heterocycles. The summed E-state index contributed by atoms with van der Waals surface area (Å²) in [6.07, 6.45) is 3.46. The quantitative estimate of drug-likeness (QED) is 0.500. The molecule has 0 radical (unpaired) electrons. The summed E-state index contributed by atoms with van der Waals surface area (Å²) in [5.74, 6) is 0.388. The van der Waals surface area contributed by atoms with Gasteiger partial charge in [0.15, 0.2) is 17.2 Å². The normalized spacial score (nSPS) is 22.3. The zero-order chi connectivity index (χ0) is 28.7. The molecular formula is C29H33N7O5. The summed E-state index contributed by atoms with van der Waals surface area (Å²) in [6.45, 7) is 5.62. The van der Waals surface area contributed by atoms with Crippen LogP contribution in [0.15, 0.2) is 36.7 Å². The van der Waals surface area contributed by atoms with E-state index in [1.54, 1.807) is 22.6 Å². The van der Waals surface area contributed by atoms with Crippen LogP contribution in [0.25, 0.3) is 0 Å². The van der Waals surface area contributed by atoms with Crippen molar-refractivity contribution in [2.75, 3.05) is 45.9 Å². The van der Waals surface area contributed by atoms with E-state index in [-0.39, 0.29) is 42.4 Å². The van der Waals surface area contributed by atoms with E-state index in [1.165, 1.54) is 17.3 Å². The molecule has 12 nitrogen and oxygen atoms in total. The van der Waals surface area contributed by atoms with Crippen LogP contribution in [-0.4, -0.2) is 93.2 Å². The standard InChI is InChI=1S/C29H33N7O5/c1-18-11-31-23(12-30-18)28(39)35-8-5-9-40-24-7-4-6-20-21-13-36(27(38)22-10-19(2)34(3)33-22)16-29(21,17-41-26(20)24)15-32-25(37)14-35/h4,6-7,10-12,21H,5,8-9,13-17H2,1-3H3,(H,32,37)/t21-,29+/m0/s1. The van der Waals surface area contributed by atoms with Crippen molar-refractivity contribution in [2.45, 2.75) is 26.2 Å². The number of carbonyl (C=O) groups excluding carboxylic acids is 3. The van der Waals surface area contributed by atoms with Gasteiger partial charge in [0.1, 0.15) is 5.69 Å². The van der Waals surface area contributed by atoms with Gasteiger partial charge in [0.2, 0.25) is 5.91 Å². The number of hydrogen-bond acceptors (Lipinski definition) is 8. The number of aryl methyl sites for hydroxylation is 3. The van der Waals surface area contributed by atoms with Gasteiger partial charge in [-0.3, -0.25) is 24.0 Å². The summed E-state index contributed by atoms with van der Waals surface area (Å²) in [5, 5.41) is 7.45. The first-order valence-corrected chi connectivity index (χ1v) is 13.8. The second-order valence-corrected chi connectivity index (χ2v) is 11.1. The smallest absolute Gasteiger partial charge is 0.274 e. The first-order valence-electron chi connectivity index (χ1n) is 13.8. The van der Waals surface area contributed by atoms with Crippen LogP contribution >= 0.6 is 0 Å². The number of nitrogens with one attached hydrogen (secondary N) is 1. The number of aromatic nitrogens is 4. The summed E-state index contributed by atoms with van der Waals surface area (Å²) < 4.78 is 14.1. The van der Waals surface area contributed by atoms with Crippen LogP contribution in [0.5, 0.6) is 11.5 Å². The Labute approximate surface area is 237 Å². The van der Waals surface area contributed by atoms with E-state index in [0.717, 1.165) is 11.3 Å². The maximum Gasteiger partial charge on any atom is 0.274 e. The molecule has 0 aliphatic carbocycles. The van der Waals surface area contributed by atoms with Gasteiger partial charge in [0.05, 0.1) is 31.6 Å². The number of amides is 3. The Morgan fingerprint density at radius 2 is 1.90 bits per heavy atom. The van der Waals surface area contributed by atoms with Gasteiger partial charge in [0.25, 0.3) is 11.8 Å². The second-order valence-electron chi connectivity index (χ2n) is 11.1. The number of likely N-dealkylation sites (tertiary alicyclic amines) is 1. The van der Waals surface area contributed by atoms with Crippen molar-refractivity contribution in [3.05, 3.63) is 65.0 Å². The summed E-state index contributed by atoms with van der Waals surface area (Å²) in [5.41, 5.74) is 2.56. The van der Waals surface area contributed by atoms with Crippen LogP contribution in [0.3, 0.4) is 0 Å². The molecule has 4 aliphatic rings. The lowest BCUT2D eigenvalue weighted by Crippen LogP contribution is -2.50. The molecule has 1 spiro atoms. The van der Waals surface area contributed by atoms with Crippen LogP contribution in [0, 0.1) is 19.3 Å². The molecule has 4 aliphatic heterocycles. The molecule has 3 amide bonds. The predicted octanol–water partition coefficient (Wildman–Crippen LogP) is 1.49.